The third kappa shape index (κ3) is 1.45. The summed E-state index contributed by atoms with van der Waals surface area (Å²) in [6, 6.07) is 0. The minimum atomic E-state index is -1.10. The van der Waals surface area contributed by atoms with Crippen LogP contribution in [0.4, 0.5) is 4.39 Å². The number of aliphatic carboxylic acids is 1. The van der Waals surface area contributed by atoms with E-state index in [1.807, 2.05) is 0 Å². The molecular formula is C11H15FO2. The first kappa shape index (κ1) is 9.69. The summed E-state index contributed by atoms with van der Waals surface area (Å²) in [5.74, 6) is -0.600. The minimum Gasteiger partial charge on any atom is -0.478 e. The lowest BCUT2D eigenvalue weighted by Gasteiger charge is -2.25. The van der Waals surface area contributed by atoms with Gasteiger partial charge < -0.3 is 5.11 Å². The zero-order chi connectivity index (χ0) is 10.3. The normalized spacial score (nSPS) is 41.7. The largest absolute Gasteiger partial charge is 0.478 e. The number of fused-ring (bicyclic) bond motifs is 2. The third-order valence-corrected chi connectivity index (χ3v) is 3.64. The van der Waals surface area contributed by atoms with Gasteiger partial charge in [0.2, 0.25) is 0 Å². The summed E-state index contributed by atoms with van der Waals surface area (Å²) in [5, 5.41) is 8.71. The number of hydrogen-bond donors (Lipinski definition) is 1. The van der Waals surface area contributed by atoms with Crippen molar-refractivity contribution in [3.63, 3.8) is 0 Å². The maximum Gasteiger partial charge on any atom is 0.330 e. The summed E-state index contributed by atoms with van der Waals surface area (Å²) in [5.41, 5.74) is -0.818. The average Bonchev–Trinajstić information content (AvgIpc) is 2.59. The average molecular weight is 198 g/mol. The molecule has 2 aliphatic rings. The van der Waals surface area contributed by atoms with Crippen molar-refractivity contribution in [1.29, 1.82) is 0 Å². The summed E-state index contributed by atoms with van der Waals surface area (Å²) < 4.78 is 14.1. The zero-order valence-corrected chi connectivity index (χ0v) is 8.29. The van der Waals surface area contributed by atoms with E-state index in [9.17, 15) is 9.18 Å². The number of alkyl halides is 1. The molecule has 0 aromatic carbocycles. The molecule has 1 N–H and O–H groups in total. The minimum absolute atomic E-state index is 0.155. The first-order chi connectivity index (χ1) is 6.51. The van der Waals surface area contributed by atoms with Crippen molar-refractivity contribution in [3.8, 4) is 0 Å². The van der Waals surface area contributed by atoms with Gasteiger partial charge in [-0.05, 0) is 38.5 Å². The maximum atomic E-state index is 14.1. The van der Waals surface area contributed by atoms with Crippen molar-refractivity contribution >= 4 is 5.97 Å². The van der Waals surface area contributed by atoms with Crippen LogP contribution in [0.2, 0.25) is 0 Å². The summed E-state index contributed by atoms with van der Waals surface area (Å²) >= 11 is 0. The van der Waals surface area contributed by atoms with Gasteiger partial charge in [0.25, 0.3) is 0 Å². The van der Waals surface area contributed by atoms with Gasteiger partial charge in [-0.3, -0.25) is 0 Å². The van der Waals surface area contributed by atoms with E-state index in [4.69, 9.17) is 5.11 Å². The Morgan fingerprint density at radius 1 is 1.64 bits per heavy atom. The van der Waals surface area contributed by atoms with Crippen LogP contribution in [-0.2, 0) is 4.79 Å². The van der Waals surface area contributed by atoms with E-state index in [-0.39, 0.29) is 11.5 Å². The maximum absolute atomic E-state index is 14.1. The number of carboxylic acids is 1. The van der Waals surface area contributed by atoms with Crippen molar-refractivity contribution in [1.82, 2.24) is 0 Å². The smallest absolute Gasteiger partial charge is 0.330 e. The second-order valence-corrected chi connectivity index (χ2v) is 4.64. The van der Waals surface area contributed by atoms with Gasteiger partial charge in [-0.25, -0.2) is 9.18 Å². The Kier molecular flexibility index (Phi) is 2.13. The van der Waals surface area contributed by atoms with Gasteiger partial charge in [0.1, 0.15) is 5.67 Å². The van der Waals surface area contributed by atoms with Crippen LogP contribution in [0.1, 0.15) is 32.6 Å². The Morgan fingerprint density at radius 2 is 2.36 bits per heavy atom. The Morgan fingerprint density at radius 3 is 2.79 bits per heavy atom. The molecule has 14 heavy (non-hydrogen) atoms. The van der Waals surface area contributed by atoms with Gasteiger partial charge in [-0.1, -0.05) is 6.08 Å². The topological polar surface area (TPSA) is 37.3 Å². The first-order valence-electron chi connectivity index (χ1n) is 5.12. The molecule has 0 heterocycles. The van der Waals surface area contributed by atoms with E-state index in [0.717, 1.165) is 12.8 Å². The van der Waals surface area contributed by atoms with Crippen LogP contribution >= 0.6 is 0 Å². The van der Waals surface area contributed by atoms with Gasteiger partial charge in [0, 0.05) is 11.5 Å². The van der Waals surface area contributed by atoms with E-state index >= 15 is 0 Å². The summed E-state index contributed by atoms with van der Waals surface area (Å²) in [6.45, 7) is 1.54. The third-order valence-electron chi connectivity index (χ3n) is 3.64. The van der Waals surface area contributed by atoms with Crippen LogP contribution in [-0.4, -0.2) is 16.7 Å². The Balaban J connectivity index is 2.14. The Bertz CT molecular complexity index is 298. The van der Waals surface area contributed by atoms with E-state index in [2.05, 4.69) is 0 Å². The Labute approximate surface area is 82.8 Å². The molecule has 0 saturated heterocycles. The molecule has 2 aliphatic carbocycles. The predicted molar refractivity (Wildman–Crippen MR) is 50.7 cm³/mol. The molecule has 78 valence electrons. The number of halogens is 1. The number of carbonyl (C=O) groups is 1. The van der Waals surface area contributed by atoms with E-state index in [1.54, 1.807) is 6.08 Å². The monoisotopic (exact) mass is 198 g/mol. The van der Waals surface area contributed by atoms with Crippen LogP contribution in [0.5, 0.6) is 0 Å². The number of allylic oxidation sites excluding steroid dienone is 1. The lowest BCUT2D eigenvalue weighted by Crippen LogP contribution is -2.26. The highest BCUT2D eigenvalue weighted by Crippen LogP contribution is 2.54. The van der Waals surface area contributed by atoms with Gasteiger partial charge in [0.15, 0.2) is 0 Å². The van der Waals surface area contributed by atoms with Crippen molar-refractivity contribution in [3.05, 3.63) is 11.6 Å². The molecule has 2 nitrogen and oxygen atoms in total. The van der Waals surface area contributed by atoms with Crippen LogP contribution in [0, 0.1) is 11.8 Å². The summed E-state index contributed by atoms with van der Waals surface area (Å²) in [7, 11) is 0. The molecule has 3 unspecified atom stereocenters. The van der Waals surface area contributed by atoms with Crippen molar-refractivity contribution in [2.75, 3.05) is 0 Å². The van der Waals surface area contributed by atoms with Gasteiger partial charge in [0.05, 0.1) is 0 Å². The molecule has 2 bridgehead atoms. The van der Waals surface area contributed by atoms with Crippen molar-refractivity contribution in [2.24, 2.45) is 11.8 Å². The predicted octanol–water partition coefficient (Wildman–Crippen LogP) is 2.55. The molecule has 3 atom stereocenters. The fraction of sp³-hybridized carbons (Fsp3) is 0.727. The number of rotatable bonds is 2. The molecule has 0 aliphatic heterocycles. The Hall–Kier alpha value is -0.860. The second-order valence-electron chi connectivity index (χ2n) is 4.64. The fourth-order valence-electron chi connectivity index (χ4n) is 2.83. The van der Waals surface area contributed by atoms with Gasteiger partial charge in [-0.15, -0.1) is 0 Å². The lowest BCUT2D eigenvalue weighted by molar-refractivity contribution is -0.132. The number of hydrogen-bond acceptors (Lipinski definition) is 1. The van der Waals surface area contributed by atoms with Crippen molar-refractivity contribution < 1.29 is 14.3 Å². The molecule has 0 amide bonds. The quantitative estimate of drug-likeness (QED) is 0.692. The second kappa shape index (κ2) is 3.07. The highest BCUT2D eigenvalue weighted by Gasteiger charge is 2.51. The highest BCUT2D eigenvalue weighted by atomic mass is 19.1. The molecular weight excluding hydrogens is 183 g/mol. The molecule has 0 aromatic heterocycles. The van der Waals surface area contributed by atoms with E-state index < -0.39 is 11.6 Å². The standard InChI is InChI=1S/C11H15FO2/c1-7(10(13)14)4-9-5-8-2-3-11(9,12)6-8/h4,8-9H,2-3,5-6H2,1H3,(H,13,14)/b7-4+. The summed E-state index contributed by atoms with van der Waals surface area (Å²) in [4.78, 5) is 10.6. The molecule has 2 saturated carbocycles. The van der Waals surface area contributed by atoms with Crippen LogP contribution in [0.3, 0.4) is 0 Å². The molecule has 2 fully saturated rings. The fourth-order valence-corrected chi connectivity index (χ4v) is 2.83. The van der Waals surface area contributed by atoms with E-state index in [0.29, 0.717) is 18.8 Å². The van der Waals surface area contributed by atoms with Crippen molar-refractivity contribution in [2.45, 2.75) is 38.3 Å². The van der Waals surface area contributed by atoms with E-state index in [1.165, 1.54) is 6.92 Å². The van der Waals surface area contributed by atoms with Crippen LogP contribution in [0.15, 0.2) is 11.6 Å². The highest BCUT2D eigenvalue weighted by molar-refractivity contribution is 5.85. The molecule has 0 aromatic rings. The van der Waals surface area contributed by atoms with Gasteiger partial charge >= 0.3 is 5.97 Å². The molecule has 0 spiro atoms. The summed E-state index contributed by atoms with van der Waals surface area (Å²) in [6.07, 6.45) is 4.68. The lowest BCUT2D eigenvalue weighted by atomic mass is 9.85. The SMILES string of the molecule is C/C(=C\C1CC2CCC1(F)C2)C(=O)O. The molecule has 3 heteroatoms. The molecule has 2 rings (SSSR count). The van der Waals surface area contributed by atoms with Crippen LogP contribution in [0.25, 0.3) is 0 Å². The number of carboxylic acid groups (broad SMARTS) is 1. The van der Waals surface area contributed by atoms with Gasteiger partial charge in [-0.2, -0.15) is 0 Å². The molecule has 0 radical (unpaired) electrons. The first-order valence-corrected chi connectivity index (χ1v) is 5.12. The van der Waals surface area contributed by atoms with Crippen LogP contribution < -0.4 is 0 Å². The zero-order valence-electron chi connectivity index (χ0n) is 8.29.